The maximum atomic E-state index is 10.5. The van der Waals surface area contributed by atoms with Gasteiger partial charge in [0.2, 0.25) is 0 Å². The predicted octanol–water partition coefficient (Wildman–Crippen LogP) is 0.197. The quantitative estimate of drug-likeness (QED) is 0.561. The second kappa shape index (κ2) is 1.52. The summed E-state index contributed by atoms with van der Waals surface area (Å²) in [7, 11) is 0. The summed E-state index contributed by atoms with van der Waals surface area (Å²) >= 11 is 0. The summed E-state index contributed by atoms with van der Waals surface area (Å²) in [5.74, 6) is -0.889. The third kappa shape index (κ3) is 0.660. The minimum absolute atomic E-state index is 0.376. The molecule has 1 N–H and O–H groups in total. The van der Waals surface area contributed by atoms with Gasteiger partial charge in [0, 0.05) is 6.04 Å². The fourth-order valence-corrected chi connectivity index (χ4v) is 1.04. The fourth-order valence-electron chi connectivity index (χ4n) is 1.04. The first-order valence-corrected chi connectivity index (χ1v) is 3.36. The zero-order chi connectivity index (χ0) is 7.35. The van der Waals surface area contributed by atoms with Crippen LogP contribution in [0.25, 0.3) is 0 Å². The lowest BCUT2D eigenvalue weighted by Crippen LogP contribution is -2.26. The van der Waals surface area contributed by atoms with Crippen LogP contribution in [0.5, 0.6) is 0 Å². The lowest BCUT2D eigenvalue weighted by Gasteiger charge is -1.95. The number of carbonyl (C=O) groups is 1. The summed E-state index contributed by atoms with van der Waals surface area (Å²) in [6.45, 7) is 1.58. The normalized spacial score (nSPS) is 45.1. The van der Waals surface area contributed by atoms with Crippen molar-refractivity contribution in [3.8, 4) is 0 Å². The molecule has 4 heteroatoms. The van der Waals surface area contributed by atoms with Crippen molar-refractivity contribution < 1.29 is 14.7 Å². The molecular formula is C6H9NO3. The van der Waals surface area contributed by atoms with Gasteiger partial charge < -0.3 is 5.11 Å². The average molecular weight is 143 g/mol. The third-order valence-corrected chi connectivity index (χ3v) is 1.94. The molecule has 1 aliphatic carbocycles. The molecule has 0 bridgehead atoms. The van der Waals surface area contributed by atoms with E-state index in [2.05, 4.69) is 0 Å². The van der Waals surface area contributed by atoms with Crippen molar-refractivity contribution >= 4 is 5.97 Å². The highest BCUT2D eigenvalue weighted by Crippen LogP contribution is 2.44. The van der Waals surface area contributed by atoms with Gasteiger partial charge in [-0.1, -0.05) is 0 Å². The van der Waals surface area contributed by atoms with Crippen molar-refractivity contribution in [3.63, 3.8) is 0 Å². The van der Waals surface area contributed by atoms with Gasteiger partial charge in [-0.3, -0.25) is 4.84 Å². The van der Waals surface area contributed by atoms with E-state index in [0.717, 1.165) is 12.8 Å². The van der Waals surface area contributed by atoms with Crippen molar-refractivity contribution in [1.82, 2.24) is 5.06 Å². The average Bonchev–Trinajstić information content (AvgIpc) is 2.57. The van der Waals surface area contributed by atoms with Crippen LogP contribution in [-0.4, -0.2) is 27.9 Å². The van der Waals surface area contributed by atoms with E-state index in [9.17, 15) is 4.79 Å². The number of carboxylic acid groups (broad SMARTS) is 1. The summed E-state index contributed by atoms with van der Waals surface area (Å²) in [4.78, 5) is 15.4. The largest absolute Gasteiger partial charge is 0.478 e. The van der Waals surface area contributed by atoms with E-state index in [1.54, 1.807) is 12.0 Å². The Bertz CT molecular complexity index is 189. The van der Waals surface area contributed by atoms with Crippen LogP contribution in [0.1, 0.15) is 19.8 Å². The summed E-state index contributed by atoms with van der Waals surface area (Å²) in [6.07, 6.45) is 2.14. The molecule has 10 heavy (non-hydrogen) atoms. The molecule has 56 valence electrons. The molecule has 1 heterocycles. The van der Waals surface area contributed by atoms with E-state index >= 15 is 0 Å². The van der Waals surface area contributed by atoms with Gasteiger partial charge in [-0.05, 0) is 19.8 Å². The number of carboxylic acids is 1. The van der Waals surface area contributed by atoms with Crippen LogP contribution in [0.4, 0.5) is 0 Å². The highest BCUT2D eigenvalue weighted by molar-refractivity contribution is 5.78. The van der Waals surface area contributed by atoms with Crippen molar-refractivity contribution in [2.24, 2.45) is 0 Å². The SMILES string of the molecule is C[C@]1(C(=O)O)ON1C1CC1. The van der Waals surface area contributed by atoms with Gasteiger partial charge in [-0.25, -0.2) is 4.79 Å². The number of aliphatic carboxylic acids is 1. The Morgan fingerprint density at radius 1 is 1.80 bits per heavy atom. The van der Waals surface area contributed by atoms with Crippen molar-refractivity contribution in [3.05, 3.63) is 0 Å². The summed E-state index contributed by atoms with van der Waals surface area (Å²) in [6, 6.07) is 0.376. The topological polar surface area (TPSA) is 52.8 Å². The first-order valence-electron chi connectivity index (χ1n) is 3.36. The highest BCUT2D eigenvalue weighted by atomic mass is 16.9. The molecule has 0 aromatic carbocycles. The minimum atomic E-state index is -0.999. The van der Waals surface area contributed by atoms with Crippen molar-refractivity contribution in [2.45, 2.75) is 31.5 Å². The smallest absolute Gasteiger partial charge is 0.355 e. The first-order chi connectivity index (χ1) is 4.64. The van der Waals surface area contributed by atoms with Crippen LogP contribution in [0, 0.1) is 0 Å². The number of nitrogens with zero attached hydrogens (tertiary/aromatic N) is 1. The van der Waals surface area contributed by atoms with Gasteiger partial charge in [-0.15, -0.1) is 5.06 Å². The Kier molecular flexibility index (Phi) is 0.928. The molecule has 0 aromatic rings. The van der Waals surface area contributed by atoms with Crippen LogP contribution in [0.3, 0.4) is 0 Å². The maximum absolute atomic E-state index is 10.5. The second-order valence-electron chi connectivity index (χ2n) is 2.94. The lowest BCUT2D eigenvalue weighted by molar-refractivity contribution is -0.142. The van der Waals surface area contributed by atoms with E-state index in [1.165, 1.54) is 0 Å². The zero-order valence-electron chi connectivity index (χ0n) is 5.70. The van der Waals surface area contributed by atoms with Crippen molar-refractivity contribution in [1.29, 1.82) is 0 Å². The molecule has 1 saturated carbocycles. The zero-order valence-corrected chi connectivity index (χ0v) is 5.70. The van der Waals surface area contributed by atoms with Crippen LogP contribution >= 0.6 is 0 Å². The standard InChI is InChI=1S/C6H9NO3/c1-6(5(8)9)7(10-6)4-2-3-4/h4H,2-3H2,1H3,(H,8,9)/t6-,7?/m1/s1. The van der Waals surface area contributed by atoms with Gasteiger partial charge >= 0.3 is 5.97 Å². The molecule has 1 unspecified atom stereocenters. The van der Waals surface area contributed by atoms with E-state index in [4.69, 9.17) is 9.94 Å². The molecule has 0 amide bonds. The van der Waals surface area contributed by atoms with E-state index in [-0.39, 0.29) is 0 Å². The number of hydrogen-bond acceptors (Lipinski definition) is 3. The summed E-state index contributed by atoms with van der Waals surface area (Å²) < 4.78 is 0. The molecule has 1 aliphatic heterocycles. The molecule has 1 saturated heterocycles. The molecule has 2 atom stereocenters. The van der Waals surface area contributed by atoms with Gasteiger partial charge in [0.25, 0.3) is 5.72 Å². The van der Waals surface area contributed by atoms with Gasteiger partial charge in [0.15, 0.2) is 0 Å². The van der Waals surface area contributed by atoms with Crippen LogP contribution in [-0.2, 0) is 9.63 Å². The van der Waals surface area contributed by atoms with Crippen LogP contribution < -0.4 is 0 Å². The Morgan fingerprint density at radius 3 is 2.70 bits per heavy atom. The second-order valence-corrected chi connectivity index (χ2v) is 2.94. The molecule has 0 spiro atoms. The van der Waals surface area contributed by atoms with E-state index in [0.29, 0.717) is 6.04 Å². The molecule has 0 radical (unpaired) electrons. The van der Waals surface area contributed by atoms with E-state index < -0.39 is 11.7 Å². The molecule has 2 fully saturated rings. The van der Waals surface area contributed by atoms with Crippen LogP contribution in [0.2, 0.25) is 0 Å². The Labute approximate surface area is 58.3 Å². The van der Waals surface area contributed by atoms with Gasteiger partial charge in [0.1, 0.15) is 0 Å². The number of hydrogen-bond donors (Lipinski definition) is 1. The van der Waals surface area contributed by atoms with Gasteiger partial charge in [0.05, 0.1) is 0 Å². The fraction of sp³-hybridized carbons (Fsp3) is 0.833. The number of rotatable bonds is 2. The molecular weight excluding hydrogens is 134 g/mol. The maximum Gasteiger partial charge on any atom is 0.355 e. The third-order valence-electron chi connectivity index (χ3n) is 1.94. The van der Waals surface area contributed by atoms with Crippen LogP contribution in [0.15, 0.2) is 0 Å². The number of hydroxylamine groups is 2. The Morgan fingerprint density at radius 2 is 2.40 bits per heavy atom. The van der Waals surface area contributed by atoms with Crippen molar-refractivity contribution in [2.75, 3.05) is 0 Å². The lowest BCUT2D eigenvalue weighted by atomic mass is 10.3. The molecule has 2 rings (SSSR count). The molecule has 2 aliphatic rings. The first kappa shape index (κ1) is 6.12. The summed E-state index contributed by atoms with van der Waals surface area (Å²) in [5, 5.41) is 10.2. The Balaban J connectivity index is 2.02. The summed E-state index contributed by atoms with van der Waals surface area (Å²) in [5.41, 5.74) is -0.999. The highest BCUT2D eigenvalue weighted by Gasteiger charge is 2.63. The van der Waals surface area contributed by atoms with E-state index in [1.807, 2.05) is 0 Å². The monoisotopic (exact) mass is 143 g/mol. The molecule has 4 nitrogen and oxygen atoms in total. The Hall–Kier alpha value is -0.610. The van der Waals surface area contributed by atoms with Gasteiger partial charge in [-0.2, -0.15) is 0 Å². The minimum Gasteiger partial charge on any atom is -0.478 e. The predicted molar refractivity (Wildman–Crippen MR) is 32.0 cm³/mol. The molecule has 0 aromatic heterocycles.